The Morgan fingerprint density at radius 1 is 1.38 bits per heavy atom. The lowest BCUT2D eigenvalue weighted by atomic mass is 10.3. The number of nitrogens with zero attached hydrogens (tertiary/aromatic N) is 2. The summed E-state index contributed by atoms with van der Waals surface area (Å²) in [6.07, 6.45) is 1.17. The molecule has 0 aromatic carbocycles. The van der Waals surface area contributed by atoms with E-state index in [1.54, 1.807) is 0 Å². The molecule has 0 aliphatic carbocycles. The van der Waals surface area contributed by atoms with Gasteiger partial charge in [0, 0.05) is 12.8 Å². The van der Waals surface area contributed by atoms with Gasteiger partial charge in [-0.1, -0.05) is 10.3 Å². The zero-order valence-electron chi connectivity index (χ0n) is 9.06. The topological polar surface area (TPSA) is 89.4 Å². The molecule has 0 amide bonds. The molecule has 0 unspecified atom stereocenters. The predicted molar refractivity (Wildman–Crippen MR) is 47.3 cm³/mol. The quantitative estimate of drug-likeness (QED) is 0.578. The molecule has 6 heteroatoms. The molecule has 0 spiro atoms. The van der Waals surface area contributed by atoms with Crippen LogP contribution in [0, 0.1) is 0 Å². The Morgan fingerprint density at radius 2 is 2.08 bits per heavy atom. The molecule has 0 saturated heterocycles. The van der Waals surface area contributed by atoms with Crippen LogP contribution in [0.15, 0.2) is 10.3 Å². The normalized spacial score (nSPS) is 22.5. The third-order valence-corrected chi connectivity index (χ3v) is 1.37. The summed E-state index contributed by atoms with van der Waals surface area (Å²) < 4.78 is 13.5. The van der Waals surface area contributed by atoms with Crippen molar-refractivity contribution in [2.75, 3.05) is 19.8 Å². The van der Waals surface area contributed by atoms with Gasteiger partial charge in [-0.3, -0.25) is 0 Å². The first kappa shape index (κ1) is 7.14. The number of amidine groups is 1. The van der Waals surface area contributed by atoms with Crippen molar-refractivity contribution in [3.63, 3.8) is 0 Å². The summed E-state index contributed by atoms with van der Waals surface area (Å²) in [6.45, 7) is -1.27. The first-order valence-corrected chi connectivity index (χ1v) is 3.86. The molecule has 3 N–H and O–H groups in total. The van der Waals surface area contributed by atoms with Gasteiger partial charge in [-0.05, 0) is 0 Å². The van der Waals surface area contributed by atoms with Crippen molar-refractivity contribution in [1.29, 1.82) is 0 Å². The van der Waals surface area contributed by atoms with E-state index in [1.807, 2.05) is 0 Å². The van der Waals surface area contributed by atoms with Crippen molar-refractivity contribution >= 4 is 11.5 Å². The van der Waals surface area contributed by atoms with Crippen molar-refractivity contribution in [2.45, 2.75) is 12.8 Å². The van der Waals surface area contributed by atoms with E-state index < -0.39 is 6.56 Å². The molecule has 0 radical (unpaired) electrons. The molecule has 0 aromatic heterocycles. The Bertz CT molecular complexity index is 275. The standard InChI is InChI=1S/C4H7NO2.C3H6N2O/c6-3-4-1-2-7-5-4;4-3-1-2-6-5-3/h6H,1-3H2;1-2H2,(H2,4,5)/i3D2;. The molecule has 2 heterocycles. The Kier molecular flexibility index (Phi) is 2.94. The van der Waals surface area contributed by atoms with E-state index in [4.69, 9.17) is 13.6 Å². The largest absolute Gasteiger partial charge is 0.395 e. The van der Waals surface area contributed by atoms with Crippen molar-refractivity contribution in [3.05, 3.63) is 0 Å². The predicted octanol–water partition coefficient (Wildman–Crippen LogP) is -0.566. The van der Waals surface area contributed by atoms with Crippen LogP contribution in [-0.4, -0.2) is 36.4 Å². The summed E-state index contributed by atoms with van der Waals surface area (Å²) in [5.74, 6) is 0.606. The van der Waals surface area contributed by atoms with Crippen LogP contribution in [0.4, 0.5) is 0 Å². The third-order valence-electron chi connectivity index (χ3n) is 1.37. The lowest BCUT2D eigenvalue weighted by molar-refractivity contribution is 0.173. The van der Waals surface area contributed by atoms with E-state index in [2.05, 4.69) is 20.0 Å². The highest BCUT2D eigenvalue weighted by atomic mass is 16.6. The molecule has 74 valence electrons. The minimum Gasteiger partial charge on any atom is -0.395 e. The number of rotatable bonds is 1. The lowest BCUT2D eigenvalue weighted by Crippen LogP contribution is -2.06. The zero-order valence-corrected chi connectivity index (χ0v) is 7.06. The summed E-state index contributed by atoms with van der Waals surface area (Å²) in [5, 5.41) is 15.4. The third kappa shape index (κ3) is 3.75. The Hall–Kier alpha value is -1.30. The van der Waals surface area contributed by atoms with E-state index in [0.717, 1.165) is 6.42 Å². The maximum atomic E-state index is 8.64. The Balaban J connectivity index is 0.000000162. The minimum atomic E-state index is -2.30. The molecule has 2 aliphatic rings. The highest BCUT2D eigenvalue weighted by Gasteiger charge is 2.03. The Labute approximate surface area is 78.8 Å². The molecular weight excluding hydrogens is 174 g/mol. The van der Waals surface area contributed by atoms with E-state index >= 15 is 0 Å². The second kappa shape index (κ2) is 5.36. The van der Waals surface area contributed by atoms with Gasteiger partial charge < -0.3 is 20.5 Å². The van der Waals surface area contributed by atoms with Crippen LogP contribution in [-0.2, 0) is 9.68 Å². The number of oxime groups is 2. The number of aliphatic hydroxyl groups is 1. The average molecular weight is 189 g/mol. The average Bonchev–Trinajstić information content (AvgIpc) is 2.73. The molecule has 0 atom stereocenters. The van der Waals surface area contributed by atoms with E-state index in [-0.39, 0.29) is 5.71 Å². The van der Waals surface area contributed by atoms with Crippen LogP contribution in [0.3, 0.4) is 0 Å². The van der Waals surface area contributed by atoms with Gasteiger partial charge in [0.15, 0.2) is 0 Å². The fourth-order valence-electron chi connectivity index (χ4n) is 0.712. The zero-order chi connectivity index (χ0) is 11.3. The minimum absolute atomic E-state index is 0.0718. The van der Waals surface area contributed by atoms with Gasteiger partial charge in [-0.2, -0.15) is 0 Å². The SMILES string of the molecule is NC1=NOCC1.[2H]C([2H])(O)C1=NOCC1. The number of hydrogen-bond acceptors (Lipinski definition) is 6. The smallest absolute Gasteiger partial charge is 0.142 e. The van der Waals surface area contributed by atoms with Gasteiger partial charge >= 0.3 is 0 Å². The van der Waals surface area contributed by atoms with E-state index in [0.29, 0.717) is 25.5 Å². The maximum Gasteiger partial charge on any atom is 0.142 e. The van der Waals surface area contributed by atoms with Gasteiger partial charge in [0.2, 0.25) is 0 Å². The maximum absolute atomic E-state index is 8.64. The van der Waals surface area contributed by atoms with Crippen molar-refractivity contribution in [2.24, 2.45) is 16.0 Å². The van der Waals surface area contributed by atoms with Crippen LogP contribution in [0.25, 0.3) is 0 Å². The molecule has 13 heavy (non-hydrogen) atoms. The molecular formula is C7H13N3O3. The summed E-state index contributed by atoms with van der Waals surface area (Å²) in [6, 6.07) is 0. The van der Waals surface area contributed by atoms with Gasteiger partial charge in [0.1, 0.15) is 19.0 Å². The number of hydrogen-bond donors (Lipinski definition) is 2. The van der Waals surface area contributed by atoms with Crippen molar-refractivity contribution in [1.82, 2.24) is 0 Å². The second-order valence-electron chi connectivity index (χ2n) is 2.40. The molecule has 2 rings (SSSR count). The fraction of sp³-hybridized carbons (Fsp3) is 0.714. The summed E-state index contributed by atoms with van der Waals surface area (Å²) in [4.78, 5) is 8.99. The first-order chi connectivity index (χ1) is 7.00. The van der Waals surface area contributed by atoms with Gasteiger partial charge in [0.05, 0.1) is 15.0 Å². The molecule has 2 aliphatic heterocycles. The second-order valence-corrected chi connectivity index (χ2v) is 2.40. The molecule has 0 saturated carbocycles. The van der Waals surface area contributed by atoms with Gasteiger partial charge in [-0.25, -0.2) is 0 Å². The van der Waals surface area contributed by atoms with Crippen LogP contribution < -0.4 is 5.73 Å². The highest BCUT2D eigenvalue weighted by molar-refractivity contribution is 5.85. The highest BCUT2D eigenvalue weighted by Crippen LogP contribution is 1.97. The van der Waals surface area contributed by atoms with Crippen LogP contribution >= 0.6 is 0 Å². The lowest BCUT2D eigenvalue weighted by Gasteiger charge is -1.81. The summed E-state index contributed by atoms with van der Waals surface area (Å²) >= 11 is 0. The van der Waals surface area contributed by atoms with E-state index in [1.165, 1.54) is 0 Å². The molecule has 0 bridgehead atoms. The number of nitrogens with two attached hydrogens (primary N) is 1. The van der Waals surface area contributed by atoms with Gasteiger partial charge in [0.25, 0.3) is 0 Å². The Morgan fingerprint density at radius 3 is 2.31 bits per heavy atom. The van der Waals surface area contributed by atoms with Crippen LogP contribution in [0.2, 0.25) is 0 Å². The fourth-order valence-corrected chi connectivity index (χ4v) is 0.712. The van der Waals surface area contributed by atoms with Crippen LogP contribution in [0.5, 0.6) is 0 Å². The first-order valence-electron chi connectivity index (χ1n) is 4.86. The van der Waals surface area contributed by atoms with Crippen LogP contribution in [0.1, 0.15) is 15.6 Å². The van der Waals surface area contributed by atoms with Crippen molar-refractivity contribution in [3.8, 4) is 0 Å². The molecule has 0 fully saturated rings. The molecule has 6 nitrogen and oxygen atoms in total. The monoisotopic (exact) mass is 189 g/mol. The van der Waals surface area contributed by atoms with E-state index in [9.17, 15) is 0 Å². The summed E-state index contributed by atoms with van der Waals surface area (Å²) in [5.41, 5.74) is 5.23. The van der Waals surface area contributed by atoms with Crippen molar-refractivity contribution < 1.29 is 17.5 Å². The van der Waals surface area contributed by atoms with Gasteiger partial charge in [-0.15, -0.1) is 0 Å². The molecule has 0 aromatic rings. The summed E-state index contributed by atoms with van der Waals surface area (Å²) in [7, 11) is 0.